The Kier molecular flexibility index (Phi) is 3.27. The van der Waals surface area contributed by atoms with Crippen LogP contribution in [0.2, 0.25) is 0 Å². The Hall–Kier alpha value is -1.79. The summed E-state index contributed by atoms with van der Waals surface area (Å²) in [5.74, 6) is -1.83. The molecular weight excluding hydrogens is 263 g/mol. The number of rotatable bonds is 2. The van der Waals surface area contributed by atoms with Crippen LogP contribution in [0.25, 0.3) is 0 Å². The summed E-state index contributed by atoms with van der Waals surface area (Å²) in [7, 11) is 0. The number of Topliss-reactive ketones (excluding diaryl/α,β-unsaturated/α-hetero) is 1. The summed E-state index contributed by atoms with van der Waals surface area (Å²) in [5.41, 5.74) is 0.564. The van der Waals surface area contributed by atoms with Gasteiger partial charge in [-0.05, 0) is 31.0 Å². The molecule has 1 fully saturated rings. The molecular formula is C14H15FN2O3. The standard InChI is InChI=1S/C14H15FN2O3/c15-9-3-4-12-11(6-9)13(19)14(20)17(12)8-16-5-1-2-10(18)7-16/h3-4,6,10,18H,1-2,5,7-8H2/t10-/m1/s1. The maximum atomic E-state index is 13.2. The first-order chi connectivity index (χ1) is 9.56. The fraction of sp³-hybridized carbons (Fsp3) is 0.429. The maximum absolute atomic E-state index is 13.2. The van der Waals surface area contributed by atoms with Crippen LogP contribution in [0.1, 0.15) is 23.2 Å². The minimum Gasteiger partial charge on any atom is -0.392 e. The number of benzene rings is 1. The van der Waals surface area contributed by atoms with Gasteiger partial charge in [0.2, 0.25) is 0 Å². The van der Waals surface area contributed by atoms with Gasteiger partial charge in [-0.25, -0.2) is 4.39 Å². The van der Waals surface area contributed by atoms with Gasteiger partial charge in [-0.2, -0.15) is 0 Å². The maximum Gasteiger partial charge on any atom is 0.300 e. The van der Waals surface area contributed by atoms with E-state index >= 15 is 0 Å². The second-order valence-corrected chi connectivity index (χ2v) is 5.24. The lowest BCUT2D eigenvalue weighted by Crippen LogP contribution is -2.46. The number of likely N-dealkylation sites (tertiary alicyclic amines) is 1. The molecule has 20 heavy (non-hydrogen) atoms. The first-order valence-electron chi connectivity index (χ1n) is 6.62. The number of β-amino-alcohol motifs (C(OH)–C–C–N with tert-alkyl or cyclic N) is 1. The first-order valence-corrected chi connectivity index (χ1v) is 6.62. The van der Waals surface area contributed by atoms with E-state index in [0.717, 1.165) is 25.5 Å². The van der Waals surface area contributed by atoms with Crippen molar-refractivity contribution in [2.45, 2.75) is 18.9 Å². The first kappa shape index (κ1) is 13.2. The van der Waals surface area contributed by atoms with Crippen molar-refractivity contribution in [1.82, 2.24) is 4.90 Å². The molecule has 1 amide bonds. The molecule has 1 atom stereocenters. The van der Waals surface area contributed by atoms with Crippen molar-refractivity contribution in [2.75, 3.05) is 24.7 Å². The molecule has 5 nitrogen and oxygen atoms in total. The van der Waals surface area contributed by atoms with E-state index in [9.17, 15) is 19.1 Å². The number of halogens is 1. The smallest absolute Gasteiger partial charge is 0.300 e. The molecule has 1 aromatic rings. The molecule has 0 radical (unpaired) electrons. The number of hydrogen-bond acceptors (Lipinski definition) is 4. The van der Waals surface area contributed by atoms with Crippen molar-refractivity contribution in [2.24, 2.45) is 0 Å². The van der Waals surface area contributed by atoms with Gasteiger partial charge in [0.25, 0.3) is 5.78 Å². The number of ketones is 1. The molecule has 106 valence electrons. The second kappa shape index (κ2) is 4.96. The van der Waals surface area contributed by atoms with Gasteiger partial charge in [0.05, 0.1) is 24.0 Å². The molecule has 2 aliphatic rings. The number of carbonyl (C=O) groups is 2. The normalized spacial score (nSPS) is 23.3. The Balaban J connectivity index is 1.84. The zero-order valence-electron chi connectivity index (χ0n) is 10.9. The lowest BCUT2D eigenvalue weighted by atomic mass is 10.1. The van der Waals surface area contributed by atoms with Gasteiger partial charge in [-0.1, -0.05) is 0 Å². The molecule has 0 bridgehead atoms. The molecule has 1 N–H and O–H groups in total. The van der Waals surface area contributed by atoms with Gasteiger partial charge in [0.1, 0.15) is 5.82 Å². The van der Waals surface area contributed by atoms with E-state index in [1.54, 1.807) is 0 Å². The minimum absolute atomic E-state index is 0.118. The van der Waals surface area contributed by atoms with Crippen LogP contribution in [-0.2, 0) is 4.79 Å². The molecule has 6 heteroatoms. The number of piperidine rings is 1. The molecule has 0 aromatic heterocycles. The Morgan fingerprint density at radius 3 is 2.90 bits per heavy atom. The van der Waals surface area contributed by atoms with Crippen molar-refractivity contribution >= 4 is 17.4 Å². The Labute approximate surface area is 115 Å². The van der Waals surface area contributed by atoms with Gasteiger partial charge < -0.3 is 5.11 Å². The van der Waals surface area contributed by atoms with Crippen LogP contribution in [0.3, 0.4) is 0 Å². The van der Waals surface area contributed by atoms with Crippen LogP contribution in [0, 0.1) is 5.82 Å². The summed E-state index contributed by atoms with van der Waals surface area (Å²) >= 11 is 0. The summed E-state index contributed by atoms with van der Waals surface area (Å²) in [6, 6.07) is 3.79. The van der Waals surface area contributed by atoms with Crippen molar-refractivity contribution < 1.29 is 19.1 Å². The number of anilines is 1. The van der Waals surface area contributed by atoms with Gasteiger partial charge >= 0.3 is 5.91 Å². The average molecular weight is 278 g/mol. The topological polar surface area (TPSA) is 60.9 Å². The molecule has 0 saturated carbocycles. The third-order valence-electron chi connectivity index (χ3n) is 3.76. The monoisotopic (exact) mass is 278 g/mol. The predicted octanol–water partition coefficient (Wildman–Crippen LogP) is 0.769. The summed E-state index contributed by atoms with van der Waals surface area (Å²) in [6.07, 6.45) is 1.21. The van der Waals surface area contributed by atoms with E-state index in [4.69, 9.17) is 0 Å². The number of hydrogen-bond donors (Lipinski definition) is 1. The summed E-state index contributed by atoms with van der Waals surface area (Å²) in [5, 5.41) is 9.64. The lowest BCUT2D eigenvalue weighted by molar-refractivity contribution is -0.114. The van der Waals surface area contributed by atoms with Gasteiger partial charge in [-0.3, -0.25) is 19.4 Å². The Morgan fingerprint density at radius 1 is 1.35 bits per heavy atom. The van der Waals surface area contributed by atoms with Crippen LogP contribution in [-0.4, -0.2) is 47.6 Å². The summed E-state index contributed by atoms with van der Waals surface area (Å²) < 4.78 is 13.2. The van der Waals surface area contributed by atoms with E-state index in [1.807, 2.05) is 4.90 Å². The zero-order valence-corrected chi connectivity index (χ0v) is 10.9. The minimum atomic E-state index is -0.669. The van der Waals surface area contributed by atoms with E-state index in [2.05, 4.69) is 0 Å². The van der Waals surface area contributed by atoms with Crippen LogP contribution in [0.5, 0.6) is 0 Å². The fourth-order valence-corrected chi connectivity index (χ4v) is 2.77. The Morgan fingerprint density at radius 2 is 2.15 bits per heavy atom. The van der Waals surface area contributed by atoms with E-state index in [-0.39, 0.29) is 12.2 Å². The van der Waals surface area contributed by atoms with Crippen LogP contribution >= 0.6 is 0 Å². The predicted molar refractivity (Wildman–Crippen MR) is 69.9 cm³/mol. The molecule has 3 rings (SSSR count). The lowest BCUT2D eigenvalue weighted by Gasteiger charge is -2.33. The van der Waals surface area contributed by atoms with E-state index in [1.165, 1.54) is 17.0 Å². The number of aliphatic hydroxyl groups excluding tert-OH is 1. The number of aliphatic hydroxyl groups is 1. The second-order valence-electron chi connectivity index (χ2n) is 5.24. The van der Waals surface area contributed by atoms with Crippen LogP contribution in [0.15, 0.2) is 18.2 Å². The molecule has 1 saturated heterocycles. The highest BCUT2D eigenvalue weighted by atomic mass is 19.1. The highest BCUT2D eigenvalue weighted by Gasteiger charge is 2.37. The zero-order chi connectivity index (χ0) is 14.3. The quantitative estimate of drug-likeness (QED) is 0.812. The van der Waals surface area contributed by atoms with Crippen LogP contribution in [0.4, 0.5) is 10.1 Å². The SMILES string of the molecule is O=C1C(=O)N(CN2CCC[C@@H](O)C2)c2ccc(F)cc21. The number of nitrogens with zero attached hydrogens (tertiary/aromatic N) is 2. The van der Waals surface area contributed by atoms with E-state index < -0.39 is 23.6 Å². The van der Waals surface area contributed by atoms with Gasteiger partial charge in [0.15, 0.2) is 0 Å². The average Bonchev–Trinajstić information content (AvgIpc) is 2.64. The molecule has 2 aliphatic heterocycles. The van der Waals surface area contributed by atoms with Gasteiger partial charge in [-0.15, -0.1) is 0 Å². The van der Waals surface area contributed by atoms with Crippen molar-refractivity contribution in [3.63, 3.8) is 0 Å². The molecule has 2 heterocycles. The fourth-order valence-electron chi connectivity index (χ4n) is 2.77. The van der Waals surface area contributed by atoms with E-state index in [0.29, 0.717) is 12.2 Å². The third-order valence-corrected chi connectivity index (χ3v) is 3.76. The number of amides is 1. The van der Waals surface area contributed by atoms with Gasteiger partial charge in [0, 0.05) is 13.1 Å². The number of carbonyl (C=O) groups excluding carboxylic acids is 2. The molecule has 0 unspecified atom stereocenters. The van der Waals surface area contributed by atoms with Crippen molar-refractivity contribution in [3.8, 4) is 0 Å². The largest absolute Gasteiger partial charge is 0.392 e. The molecule has 0 spiro atoms. The summed E-state index contributed by atoms with van der Waals surface area (Å²) in [6.45, 7) is 1.50. The molecule has 1 aromatic carbocycles. The third kappa shape index (κ3) is 2.21. The molecule has 0 aliphatic carbocycles. The summed E-state index contributed by atoms with van der Waals surface area (Å²) in [4.78, 5) is 27.1. The highest BCUT2D eigenvalue weighted by molar-refractivity contribution is 6.52. The van der Waals surface area contributed by atoms with Crippen LogP contribution < -0.4 is 4.90 Å². The Bertz CT molecular complexity index is 576. The number of fused-ring (bicyclic) bond motifs is 1. The van der Waals surface area contributed by atoms with Crippen molar-refractivity contribution in [1.29, 1.82) is 0 Å². The highest BCUT2D eigenvalue weighted by Crippen LogP contribution is 2.30. The van der Waals surface area contributed by atoms with Crippen molar-refractivity contribution in [3.05, 3.63) is 29.6 Å².